The normalized spacial score (nSPS) is 15.0. The Hall–Kier alpha value is -1.85. The highest BCUT2D eigenvalue weighted by molar-refractivity contribution is 5.94. The first-order chi connectivity index (χ1) is 10.7. The molecule has 23 heavy (non-hydrogen) atoms. The molecular formula is C17H23ClN4O. The minimum atomic E-state index is 0. The lowest BCUT2D eigenvalue weighted by Crippen LogP contribution is -2.43. The molecule has 1 saturated heterocycles. The average Bonchev–Trinajstić information content (AvgIpc) is 3.08. The highest BCUT2D eigenvalue weighted by Crippen LogP contribution is 2.14. The SMILES string of the molecule is CN(C(=O)c1ccc(Cn2cccn2)cc1)C1CCNCC1.Cl. The van der Waals surface area contributed by atoms with E-state index in [2.05, 4.69) is 10.4 Å². The second kappa shape index (κ2) is 8.13. The summed E-state index contributed by atoms with van der Waals surface area (Å²) in [6.45, 7) is 2.71. The molecule has 2 aromatic rings. The van der Waals surface area contributed by atoms with Gasteiger partial charge < -0.3 is 10.2 Å². The van der Waals surface area contributed by atoms with E-state index in [4.69, 9.17) is 0 Å². The lowest BCUT2D eigenvalue weighted by molar-refractivity contribution is 0.0703. The number of carbonyl (C=O) groups is 1. The van der Waals surface area contributed by atoms with Crippen LogP contribution < -0.4 is 5.32 Å². The fourth-order valence-corrected chi connectivity index (χ4v) is 2.90. The Labute approximate surface area is 143 Å². The van der Waals surface area contributed by atoms with Gasteiger partial charge in [0, 0.05) is 31.0 Å². The van der Waals surface area contributed by atoms with Crippen molar-refractivity contribution in [3.63, 3.8) is 0 Å². The van der Waals surface area contributed by atoms with Gasteiger partial charge in [0.25, 0.3) is 5.91 Å². The summed E-state index contributed by atoms with van der Waals surface area (Å²) in [5, 5.41) is 7.52. The van der Waals surface area contributed by atoms with Crippen molar-refractivity contribution in [2.45, 2.75) is 25.4 Å². The molecule has 1 N–H and O–H groups in total. The first-order valence-corrected chi connectivity index (χ1v) is 7.78. The molecule has 124 valence electrons. The second-order valence-corrected chi connectivity index (χ2v) is 5.80. The van der Waals surface area contributed by atoms with Crippen LogP contribution in [0.1, 0.15) is 28.8 Å². The molecule has 0 radical (unpaired) electrons. The molecule has 0 spiro atoms. The van der Waals surface area contributed by atoms with Crippen molar-refractivity contribution < 1.29 is 4.79 Å². The van der Waals surface area contributed by atoms with Crippen molar-refractivity contribution in [2.75, 3.05) is 20.1 Å². The maximum atomic E-state index is 12.6. The van der Waals surface area contributed by atoms with E-state index in [1.807, 2.05) is 53.2 Å². The third kappa shape index (κ3) is 4.33. The lowest BCUT2D eigenvalue weighted by Gasteiger charge is -2.31. The van der Waals surface area contributed by atoms with Gasteiger partial charge in [0.2, 0.25) is 0 Å². The summed E-state index contributed by atoms with van der Waals surface area (Å²) in [6.07, 6.45) is 5.76. The Morgan fingerprint density at radius 1 is 1.30 bits per heavy atom. The number of benzene rings is 1. The maximum Gasteiger partial charge on any atom is 0.253 e. The standard InChI is InChI=1S/C17H22N4O.ClH/c1-20(16-7-10-18-11-8-16)17(22)15-5-3-14(4-6-15)13-21-12-2-9-19-21;/h2-6,9,12,16,18H,7-8,10-11,13H2,1H3;1H. The van der Waals surface area contributed by atoms with Gasteiger partial charge in [-0.05, 0) is 49.7 Å². The van der Waals surface area contributed by atoms with Gasteiger partial charge in [-0.25, -0.2) is 0 Å². The monoisotopic (exact) mass is 334 g/mol. The van der Waals surface area contributed by atoms with Crippen LogP contribution in [0.5, 0.6) is 0 Å². The topological polar surface area (TPSA) is 50.2 Å². The number of rotatable bonds is 4. The third-order valence-electron chi connectivity index (χ3n) is 4.28. The van der Waals surface area contributed by atoms with E-state index in [1.165, 1.54) is 0 Å². The molecule has 0 unspecified atom stereocenters. The minimum Gasteiger partial charge on any atom is -0.339 e. The van der Waals surface area contributed by atoms with Crippen molar-refractivity contribution in [3.8, 4) is 0 Å². The summed E-state index contributed by atoms with van der Waals surface area (Å²) < 4.78 is 1.87. The second-order valence-electron chi connectivity index (χ2n) is 5.80. The third-order valence-corrected chi connectivity index (χ3v) is 4.28. The summed E-state index contributed by atoms with van der Waals surface area (Å²) in [5.41, 5.74) is 1.90. The van der Waals surface area contributed by atoms with Crippen LogP contribution in [0.2, 0.25) is 0 Å². The zero-order chi connectivity index (χ0) is 15.4. The van der Waals surface area contributed by atoms with E-state index < -0.39 is 0 Å². The fourth-order valence-electron chi connectivity index (χ4n) is 2.90. The first-order valence-electron chi connectivity index (χ1n) is 7.78. The summed E-state index contributed by atoms with van der Waals surface area (Å²) in [5.74, 6) is 0.109. The molecule has 0 saturated carbocycles. The van der Waals surface area contributed by atoms with Gasteiger partial charge in [-0.2, -0.15) is 5.10 Å². The molecule has 2 heterocycles. The van der Waals surface area contributed by atoms with E-state index in [0.717, 1.165) is 43.6 Å². The average molecular weight is 335 g/mol. The van der Waals surface area contributed by atoms with Crippen LogP contribution in [0.3, 0.4) is 0 Å². The largest absolute Gasteiger partial charge is 0.339 e. The zero-order valence-electron chi connectivity index (χ0n) is 13.3. The van der Waals surface area contributed by atoms with Gasteiger partial charge in [0.05, 0.1) is 6.54 Å². The number of carbonyl (C=O) groups excluding carboxylic acids is 1. The van der Waals surface area contributed by atoms with Gasteiger partial charge >= 0.3 is 0 Å². The van der Waals surface area contributed by atoms with Crippen LogP contribution in [-0.4, -0.2) is 46.8 Å². The van der Waals surface area contributed by atoms with Crippen molar-refractivity contribution in [1.82, 2.24) is 20.0 Å². The molecule has 1 aliphatic rings. The molecule has 3 rings (SSSR count). The molecule has 0 bridgehead atoms. The number of piperidine rings is 1. The maximum absolute atomic E-state index is 12.6. The number of nitrogens with zero attached hydrogens (tertiary/aromatic N) is 3. The van der Waals surface area contributed by atoms with Gasteiger partial charge in [-0.3, -0.25) is 9.48 Å². The van der Waals surface area contributed by atoms with Crippen LogP contribution in [0.25, 0.3) is 0 Å². The van der Waals surface area contributed by atoms with E-state index in [0.29, 0.717) is 6.04 Å². The number of halogens is 1. The Morgan fingerprint density at radius 2 is 2.00 bits per heavy atom. The summed E-state index contributed by atoms with van der Waals surface area (Å²) in [4.78, 5) is 14.5. The summed E-state index contributed by atoms with van der Waals surface area (Å²) in [6, 6.07) is 10.1. The molecule has 0 aliphatic carbocycles. The quantitative estimate of drug-likeness (QED) is 0.932. The van der Waals surface area contributed by atoms with Crippen LogP contribution in [0, 0.1) is 0 Å². The Morgan fingerprint density at radius 3 is 2.61 bits per heavy atom. The van der Waals surface area contributed by atoms with Gasteiger partial charge in [-0.15, -0.1) is 12.4 Å². The molecule has 1 aliphatic heterocycles. The molecular weight excluding hydrogens is 312 g/mol. The molecule has 5 nitrogen and oxygen atoms in total. The minimum absolute atomic E-state index is 0. The smallest absolute Gasteiger partial charge is 0.253 e. The highest BCUT2D eigenvalue weighted by Gasteiger charge is 2.22. The Balaban J connectivity index is 0.00000192. The van der Waals surface area contributed by atoms with E-state index in [1.54, 1.807) is 6.20 Å². The van der Waals surface area contributed by atoms with Crippen LogP contribution in [0.15, 0.2) is 42.7 Å². The Kier molecular flexibility index (Phi) is 6.19. The van der Waals surface area contributed by atoms with Gasteiger partial charge in [-0.1, -0.05) is 12.1 Å². The highest BCUT2D eigenvalue weighted by atomic mass is 35.5. The fraction of sp³-hybridized carbons (Fsp3) is 0.412. The zero-order valence-corrected chi connectivity index (χ0v) is 14.1. The van der Waals surface area contributed by atoms with Crippen LogP contribution >= 0.6 is 12.4 Å². The molecule has 1 amide bonds. The van der Waals surface area contributed by atoms with E-state index in [9.17, 15) is 4.79 Å². The van der Waals surface area contributed by atoms with Crippen molar-refractivity contribution in [3.05, 3.63) is 53.9 Å². The number of aromatic nitrogens is 2. The van der Waals surface area contributed by atoms with Crippen LogP contribution in [-0.2, 0) is 6.54 Å². The van der Waals surface area contributed by atoms with Crippen molar-refractivity contribution in [2.24, 2.45) is 0 Å². The molecule has 1 aromatic heterocycles. The molecule has 1 fully saturated rings. The lowest BCUT2D eigenvalue weighted by atomic mass is 10.0. The molecule has 6 heteroatoms. The predicted octanol–water partition coefficient (Wildman–Crippen LogP) is 2.18. The number of hydrogen-bond acceptors (Lipinski definition) is 3. The van der Waals surface area contributed by atoms with Crippen LogP contribution in [0.4, 0.5) is 0 Å². The number of nitrogens with one attached hydrogen (secondary N) is 1. The van der Waals surface area contributed by atoms with Crippen molar-refractivity contribution >= 4 is 18.3 Å². The Bertz CT molecular complexity index is 606. The first kappa shape index (κ1) is 17.5. The van der Waals surface area contributed by atoms with Gasteiger partial charge in [0.1, 0.15) is 0 Å². The van der Waals surface area contributed by atoms with Gasteiger partial charge in [0.15, 0.2) is 0 Å². The predicted molar refractivity (Wildman–Crippen MR) is 93.0 cm³/mol. The van der Waals surface area contributed by atoms with E-state index in [-0.39, 0.29) is 18.3 Å². The van der Waals surface area contributed by atoms with Crippen molar-refractivity contribution in [1.29, 1.82) is 0 Å². The van der Waals surface area contributed by atoms with E-state index >= 15 is 0 Å². The number of hydrogen-bond donors (Lipinski definition) is 1. The number of amides is 1. The molecule has 1 aromatic carbocycles. The summed E-state index contributed by atoms with van der Waals surface area (Å²) >= 11 is 0. The molecule has 0 atom stereocenters. The summed E-state index contributed by atoms with van der Waals surface area (Å²) in [7, 11) is 1.91.